The van der Waals surface area contributed by atoms with Gasteiger partial charge < -0.3 is 14.8 Å². The van der Waals surface area contributed by atoms with E-state index in [1.165, 1.54) is 44.6 Å². The summed E-state index contributed by atoms with van der Waals surface area (Å²) in [6.07, 6.45) is 2.65. The van der Waals surface area contributed by atoms with Crippen LogP contribution in [0.15, 0.2) is 36.4 Å². The average molecular weight is 397 g/mol. The van der Waals surface area contributed by atoms with Crippen LogP contribution in [0.1, 0.15) is 5.56 Å². The lowest BCUT2D eigenvalue weighted by atomic mass is 10.2. The summed E-state index contributed by atoms with van der Waals surface area (Å²) >= 11 is 11.8. The van der Waals surface area contributed by atoms with Crippen LogP contribution in [0.4, 0.5) is 11.4 Å². The predicted octanol–water partition coefficient (Wildman–Crippen LogP) is 4.57. The fraction of sp³-hybridized carbons (Fsp3) is 0.118. The van der Waals surface area contributed by atoms with Gasteiger partial charge in [-0.2, -0.15) is 0 Å². The SMILES string of the molecule is COc1cc(OC)c(NC(=O)/C=C/c2ccc(Cl)c([N+](=O)[O-])c2)cc1Cl. The lowest BCUT2D eigenvalue weighted by Crippen LogP contribution is -2.09. The van der Waals surface area contributed by atoms with Crippen molar-refractivity contribution in [1.82, 2.24) is 0 Å². The van der Waals surface area contributed by atoms with Crippen molar-refractivity contribution >= 4 is 46.6 Å². The summed E-state index contributed by atoms with van der Waals surface area (Å²) in [6, 6.07) is 7.27. The normalized spacial score (nSPS) is 10.6. The number of benzene rings is 2. The molecule has 0 bridgehead atoms. The second-order valence-electron chi connectivity index (χ2n) is 4.98. The molecule has 0 unspecified atom stereocenters. The zero-order chi connectivity index (χ0) is 19.3. The molecule has 0 atom stereocenters. The molecule has 0 fully saturated rings. The van der Waals surface area contributed by atoms with Crippen LogP contribution in [-0.4, -0.2) is 25.1 Å². The minimum Gasteiger partial charge on any atom is -0.495 e. The fourth-order valence-corrected chi connectivity index (χ4v) is 2.50. The molecule has 0 saturated carbocycles. The zero-order valence-corrected chi connectivity index (χ0v) is 15.3. The first-order valence-corrected chi connectivity index (χ1v) is 7.95. The number of hydrogen-bond donors (Lipinski definition) is 1. The summed E-state index contributed by atoms with van der Waals surface area (Å²) in [5.74, 6) is 0.308. The standard InChI is InChI=1S/C17H14Cl2N2O5/c1-25-15-9-16(26-2)13(8-12(15)19)20-17(22)6-4-10-3-5-11(18)14(7-10)21(23)24/h3-9H,1-2H3,(H,20,22)/b6-4+. The van der Waals surface area contributed by atoms with Crippen LogP contribution in [0.5, 0.6) is 11.5 Å². The average Bonchev–Trinajstić information content (AvgIpc) is 2.61. The molecule has 2 rings (SSSR count). The van der Waals surface area contributed by atoms with E-state index in [0.29, 0.717) is 27.8 Å². The Bertz CT molecular complexity index is 884. The molecule has 2 aromatic rings. The minimum absolute atomic E-state index is 0.0224. The number of anilines is 1. The zero-order valence-electron chi connectivity index (χ0n) is 13.8. The van der Waals surface area contributed by atoms with Gasteiger partial charge in [-0.15, -0.1) is 0 Å². The quantitative estimate of drug-likeness (QED) is 0.438. The number of nitrogens with one attached hydrogen (secondary N) is 1. The summed E-state index contributed by atoms with van der Waals surface area (Å²) in [6.45, 7) is 0. The van der Waals surface area contributed by atoms with E-state index >= 15 is 0 Å². The molecule has 0 radical (unpaired) electrons. The Kier molecular flexibility index (Phi) is 6.43. The van der Waals surface area contributed by atoms with Crippen molar-refractivity contribution < 1.29 is 19.2 Å². The van der Waals surface area contributed by atoms with Crippen LogP contribution in [0.2, 0.25) is 10.0 Å². The van der Waals surface area contributed by atoms with E-state index in [4.69, 9.17) is 32.7 Å². The van der Waals surface area contributed by atoms with Crippen molar-refractivity contribution in [3.63, 3.8) is 0 Å². The van der Waals surface area contributed by atoms with E-state index in [-0.39, 0.29) is 10.7 Å². The van der Waals surface area contributed by atoms with Crippen LogP contribution in [0.25, 0.3) is 6.08 Å². The summed E-state index contributed by atoms with van der Waals surface area (Å²) in [5.41, 5.74) is 0.573. The number of nitrogens with zero attached hydrogens (tertiary/aromatic N) is 1. The van der Waals surface area contributed by atoms with Crippen molar-refractivity contribution in [2.75, 3.05) is 19.5 Å². The van der Waals surface area contributed by atoms with Crippen molar-refractivity contribution in [3.05, 3.63) is 62.1 Å². The van der Waals surface area contributed by atoms with Crippen LogP contribution >= 0.6 is 23.2 Å². The maximum absolute atomic E-state index is 12.1. The van der Waals surface area contributed by atoms with E-state index in [1.54, 1.807) is 12.1 Å². The molecule has 9 heteroatoms. The smallest absolute Gasteiger partial charge is 0.288 e. The summed E-state index contributed by atoms with van der Waals surface area (Å²) < 4.78 is 10.3. The maximum atomic E-state index is 12.1. The third-order valence-corrected chi connectivity index (χ3v) is 3.94. The lowest BCUT2D eigenvalue weighted by Gasteiger charge is -2.12. The topological polar surface area (TPSA) is 90.7 Å². The molecule has 0 aliphatic heterocycles. The van der Waals surface area contributed by atoms with Gasteiger partial charge in [0, 0.05) is 18.2 Å². The number of ether oxygens (including phenoxy) is 2. The van der Waals surface area contributed by atoms with E-state index in [2.05, 4.69) is 5.32 Å². The van der Waals surface area contributed by atoms with Gasteiger partial charge in [0.1, 0.15) is 16.5 Å². The molecule has 0 saturated heterocycles. The fourth-order valence-electron chi connectivity index (χ4n) is 2.08. The molecule has 26 heavy (non-hydrogen) atoms. The molecule has 0 aromatic heterocycles. The van der Waals surface area contributed by atoms with Gasteiger partial charge in [0.2, 0.25) is 5.91 Å². The Morgan fingerprint density at radius 3 is 2.42 bits per heavy atom. The first kappa shape index (κ1) is 19.6. The Balaban J connectivity index is 2.19. The molecule has 7 nitrogen and oxygen atoms in total. The minimum atomic E-state index is -0.593. The number of carbonyl (C=O) groups excluding carboxylic acids is 1. The van der Waals surface area contributed by atoms with Gasteiger partial charge in [-0.3, -0.25) is 14.9 Å². The largest absolute Gasteiger partial charge is 0.495 e. The lowest BCUT2D eigenvalue weighted by molar-refractivity contribution is -0.384. The number of nitro benzene ring substituents is 1. The van der Waals surface area contributed by atoms with Gasteiger partial charge in [0.15, 0.2) is 0 Å². The van der Waals surface area contributed by atoms with Gasteiger partial charge in [0.05, 0.1) is 29.9 Å². The molecule has 0 heterocycles. The highest BCUT2D eigenvalue weighted by Gasteiger charge is 2.13. The monoisotopic (exact) mass is 396 g/mol. The molecule has 0 spiro atoms. The summed E-state index contributed by atoms with van der Waals surface area (Å²) in [5, 5.41) is 13.8. The van der Waals surface area contributed by atoms with E-state index < -0.39 is 10.8 Å². The summed E-state index contributed by atoms with van der Waals surface area (Å²) in [7, 11) is 2.91. The van der Waals surface area contributed by atoms with Gasteiger partial charge in [-0.1, -0.05) is 29.3 Å². The number of carbonyl (C=O) groups is 1. The van der Waals surface area contributed by atoms with Gasteiger partial charge in [-0.25, -0.2) is 0 Å². The van der Waals surface area contributed by atoms with Crippen LogP contribution in [0, 0.1) is 10.1 Å². The molecular formula is C17H14Cl2N2O5. The highest BCUT2D eigenvalue weighted by molar-refractivity contribution is 6.33. The Hall–Kier alpha value is -2.77. The van der Waals surface area contributed by atoms with Crippen molar-refractivity contribution in [2.45, 2.75) is 0 Å². The number of rotatable bonds is 6. The highest BCUT2D eigenvalue weighted by Crippen LogP contribution is 2.35. The van der Waals surface area contributed by atoms with Crippen molar-refractivity contribution in [2.24, 2.45) is 0 Å². The molecular weight excluding hydrogens is 383 g/mol. The molecule has 1 amide bonds. The van der Waals surface area contributed by atoms with E-state index in [0.717, 1.165) is 0 Å². The second-order valence-corrected chi connectivity index (χ2v) is 5.79. The van der Waals surface area contributed by atoms with Crippen LogP contribution in [-0.2, 0) is 4.79 Å². The first-order valence-electron chi connectivity index (χ1n) is 7.20. The number of amides is 1. The first-order chi connectivity index (χ1) is 12.3. The Morgan fingerprint density at radius 1 is 1.12 bits per heavy atom. The van der Waals surface area contributed by atoms with Crippen LogP contribution < -0.4 is 14.8 Å². The molecule has 0 aliphatic carbocycles. The number of halogens is 2. The van der Waals surface area contributed by atoms with Crippen molar-refractivity contribution in [1.29, 1.82) is 0 Å². The molecule has 136 valence electrons. The van der Waals surface area contributed by atoms with E-state index in [1.807, 2.05) is 0 Å². The van der Waals surface area contributed by atoms with Crippen molar-refractivity contribution in [3.8, 4) is 11.5 Å². The number of nitro groups is 1. The number of hydrogen-bond acceptors (Lipinski definition) is 5. The highest BCUT2D eigenvalue weighted by atomic mass is 35.5. The van der Waals surface area contributed by atoms with Gasteiger partial charge in [0.25, 0.3) is 5.69 Å². The predicted molar refractivity (Wildman–Crippen MR) is 100 cm³/mol. The third kappa shape index (κ3) is 4.65. The van der Waals surface area contributed by atoms with E-state index in [9.17, 15) is 14.9 Å². The maximum Gasteiger partial charge on any atom is 0.288 e. The second kappa shape index (κ2) is 8.55. The van der Waals surface area contributed by atoms with Gasteiger partial charge >= 0.3 is 0 Å². The van der Waals surface area contributed by atoms with Gasteiger partial charge in [-0.05, 0) is 23.8 Å². The summed E-state index contributed by atoms with van der Waals surface area (Å²) in [4.78, 5) is 22.4. The molecule has 1 N–H and O–H groups in total. The number of methoxy groups -OCH3 is 2. The Labute approximate surface area is 159 Å². The third-order valence-electron chi connectivity index (χ3n) is 3.33. The molecule has 2 aromatic carbocycles. The molecule has 0 aliphatic rings. The Morgan fingerprint density at radius 2 is 1.81 bits per heavy atom. The van der Waals surface area contributed by atoms with Crippen LogP contribution in [0.3, 0.4) is 0 Å².